The Morgan fingerprint density at radius 3 is 2.38 bits per heavy atom. The van der Waals surface area contributed by atoms with Crippen molar-refractivity contribution in [1.29, 1.82) is 0 Å². The molecule has 0 spiro atoms. The zero-order valence-corrected chi connectivity index (χ0v) is 17.4. The lowest BCUT2D eigenvalue weighted by Gasteiger charge is -2.12. The van der Waals surface area contributed by atoms with E-state index in [1.54, 1.807) is 37.3 Å². The molecule has 8 nitrogen and oxygen atoms in total. The van der Waals surface area contributed by atoms with Crippen molar-refractivity contribution in [3.05, 3.63) is 70.3 Å². The highest BCUT2D eigenvalue weighted by atomic mass is 35.5. The van der Waals surface area contributed by atoms with E-state index in [9.17, 15) is 18.0 Å². The van der Waals surface area contributed by atoms with Crippen molar-refractivity contribution in [2.45, 2.75) is 11.1 Å². The van der Waals surface area contributed by atoms with Crippen molar-refractivity contribution >= 4 is 56.3 Å². The van der Waals surface area contributed by atoms with Gasteiger partial charge in [-0.3, -0.25) is 9.78 Å². The molecule has 11 heteroatoms. The Labute approximate surface area is 176 Å². The fourth-order valence-electron chi connectivity index (χ4n) is 2.35. The van der Waals surface area contributed by atoms with Gasteiger partial charge in [-0.1, -0.05) is 11.6 Å². The minimum Gasteiger partial charge on any atom is -0.322 e. The molecule has 0 aliphatic heterocycles. The molecule has 1 aromatic carbocycles. The smallest absolute Gasteiger partial charge is 0.322 e. The average molecular weight is 451 g/mol. The van der Waals surface area contributed by atoms with Gasteiger partial charge in [-0.25, -0.2) is 17.9 Å². The second-order valence-electron chi connectivity index (χ2n) is 5.84. The number of pyridine rings is 1. The van der Waals surface area contributed by atoms with Gasteiger partial charge < -0.3 is 10.6 Å². The number of benzene rings is 1. The highest BCUT2D eigenvalue weighted by molar-refractivity contribution is 7.92. The number of amides is 3. The van der Waals surface area contributed by atoms with Crippen LogP contribution < -0.4 is 15.4 Å². The van der Waals surface area contributed by atoms with Gasteiger partial charge >= 0.3 is 6.03 Å². The number of hydrogen-bond acceptors (Lipinski definition) is 6. The molecule has 0 unspecified atom stereocenters. The Bertz CT molecular complexity index is 1160. The Morgan fingerprint density at radius 2 is 1.76 bits per heavy atom. The fraction of sp³-hybridized carbons (Fsp3) is 0.0556. The van der Waals surface area contributed by atoms with Crippen molar-refractivity contribution in [2.24, 2.45) is 0 Å². The topological polar surface area (TPSA) is 117 Å². The number of nitrogens with one attached hydrogen (secondary N) is 3. The summed E-state index contributed by atoms with van der Waals surface area (Å²) in [6.45, 7) is 1.75. The van der Waals surface area contributed by atoms with Crippen LogP contribution >= 0.6 is 22.9 Å². The van der Waals surface area contributed by atoms with Crippen molar-refractivity contribution in [1.82, 2.24) is 9.71 Å². The maximum Gasteiger partial charge on any atom is 0.333 e. The summed E-state index contributed by atoms with van der Waals surface area (Å²) in [7, 11) is -4.01. The lowest BCUT2D eigenvalue weighted by Crippen LogP contribution is -2.33. The summed E-state index contributed by atoms with van der Waals surface area (Å²) >= 11 is 6.57. The summed E-state index contributed by atoms with van der Waals surface area (Å²) in [5.41, 5.74) is 2.05. The zero-order valence-electron chi connectivity index (χ0n) is 15.0. The summed E-state index contributed by atoms with van der Waals surface area (Å²) < 4.78 is 26.5. The monoisotopic (exact) mass is 450 g/mol. The number of sulfonamides is 1. The third-order valence-electron chi connectivity index (χ3n) is 3.72. The van der Waals surface area contributed by atoms with Crippen molar-refractivity contribution in [2.75, 3.05) is 10.6 Å². The normalized spacial score (nSPS) is 11.0. The van der Waals surface area contributed by atoms with Gasteiger partial charge in [0.15, 0.2) is 0 Å². The Kier molecular flexibility index (Phi) is 6.16. The number of hydrogen-bond donors (Lipinski definition) is 3. The fourth-order valence-corrected chi connectivity index (χ4v) is 4.74. The molecule has 150 valence electrons. The SMILES string of the molecule is Cc1cc(NC(=O)NS(=O)(=O)c2ccc(Cl)s2)ccc1NC(=O)c1ccncc1. The number of halogens is 1. The van der Waals surface area contributed by atoms with Crippen LogP contribution in [0, 0.1) is 6.92 Å². The second kappa shape index (κ2) is 8.60. The Balaban J connectivity index is 1.65. The van der Waals surface area contributed by atoms with Crippen LogP contribution in [0.4, 0.5) is 16.2 Å². The number of aromatic nitrogens is 1. The van der Waals surface area contributed by atoms with Crippen molar-refractivity contribution in [3.63, 3.8) is 0 Å². The number of thiophene rings is 1. The predicted octanol–water partition coefficient (Wildman–Crippen LogP) is 3.87. The van der Waals surface area contributed by atoms with Gasteiger partial charge in [0, 0.05) is 29.3 Å². The molecule has 3 amide bonds. The van der Waals surface area contributed by atoms with E-state index in [0.717, 1.165) is 11.3 Å². The molecule has 2 aromatic heterocycles. The van der Waals surface area contributed by atoms with E-state index in [2.05, 4.69) is 15.6 Å². The zero-order chi connectivity index (χ0) is 21.0. The molecule has 0 atom stereocenters. The lowest BCUT2D eigenvalue weighted by molar-refractivity contribution is 0.102. The number of aryl methyl sites for hydroxylation is 1. The van der Waals surface area contributed by atoms with Gasteiger partial charge in [0.2, 0.25) is 0 Å². The molecule has 0 saturated heterocycles. The molecule has 0 fully saturated rings. The lowest BCUT2D eigenvalue weighted by atomic mass is 10.1. The standard InChI is InChI=1S/C18H15ClN4O4S2/c1-11-10-13(2-3-14(11)22-17(24)12-6-8-20-9-7-12)21-18(25)23-29(26,27)16-5-4-15(19)28-16/h2-10H,1H3,(H,22,24)(H2,21,23,25). The number of rotatable bonds is 5. The van der Waals surface area contributed by atoms with Crippen LogP contribution in [0.2, 0.25) is 4.34 Å². The van der Waals surface area contributed by atoms with E-state index in [-0.39, 0.29) is 10.1 Å². The predicted molar refractivity (Wildman–Crippen MR) is 112 cm³/mol. The molecule has 0 aliphatic rings. The molecule has 3 N–H and O–H groups in total. The van der Waals surface area contributed by atoms with E-state index in [4.69, 9.17) is 11.6 Å². The van der Waals surface area contributed by atoms with Gasteiger partial charge in [-0.2, -0.15) is 0 Å². The average Bonchev–Trinajstić information content (AvgIpc) is 3.11. The maximum absolute atomic E-state index is 12.2. The number of urea groups is 1. The van der Waals surface area contributed by atoms with Gasteiger partial charge in [-0.05, 0) is 55.0 Å². The molecule has 2 heterocycles. The number of carbonyl (C=O) groups is 2. The third-order valence-corrected chi connectivity index (χ3v) is 6.77. The molecule has 3 aromatic rings. The maximum atomic E-state index is 12.2. The van der Waals surface area contributed by atoms with Crippen LogP contribution in [0.15, 0.2) is 59.1 Å². The molecule has 3 rings (SSSR count). The van der Waals surface area contributed by atoms with Crippen LogP contribution in [0.25, 0.3) is 0 Å². The van der Waals surface area contributed by atoms with E-state index in [1.807, 2.05) is 4.72 Å². The molecule has 0 radical (unpaired) electrons. The molecule has 29 heavy (non-hydrogen) atoms. The second-order valence-corrected chi connectivity index (χ2v) is 9.46. The number of carbonyl (C=O) groups excluding carboxylic acids is 2. The Hall–Kier alpha value is -2.95. The van der Waals surface area contributed by atoms with Gasteiger partial charge in [0.05, 0.1) is 4.34 Å². The van der Waals surface area contributed by atoms with Crippen LogP contribution in [0.1, 0.15) is 15.9 Å². The minimum absolute atomic E-state index is 0.0667. The van der Waals surface area contributed by atoms with Crippen LogP contribution in [0.5, 0.6) is 0 Å². The minimum atomic E-state index is -4.01. The summed E-state index contributed by atoms with van der Waals surface area (Å²) in [6, 6.07) is 9.77. The number of anilines is 2. The first kappa shape index (κ1) is 20.8. The molecular formula is C18H15ClN4O4S2. The van der Waals surface area contributed by atoms with E-state index in [1.165, 1.54) is 24.5 Å². The molecular weight excluding hydrogens is 436 g/mol. The first-order valence-electron chi connectivity index (χ1n) is 8.16. The van der Waals surface area contributed by atoms with Gasteiger partial charge in [0.25, 0.3) is 15.9 Å². The van der Waals surface area contributed by atoms with Crippen LogP contribution in [0.3, 0.4) is 0 Å². The van der Waals surface area contributed by atoms with Gasteiger partial charge in [0.1, 0.15) is 4.21 Å². The van der Waals surface area contributed by atoms with Crippen LogP contribution in [-0.2, 0) is 10.0 Å². The van der Waals surface area contributed by atoms with E-state index >= 15 is 0 Å². The first-order valence-corrected chi connectivity index (χ1v) is 10.8. The summed E-state index contributed by atoms with van der Waals surface area (Å²) in [5.74, 6) is -0.297. The summed E-state index contributed by atoms with van der Waals surface area (Å²) in [4.78, 5) is 28.2. The molecule has 0 bridgehead atoms. The summed E-state index contributed by atoms with van der Waals surface area (Å²) in [5, 5.41) is 5.22. The summed E-state index contributed by atoms with van der Waals surface area (Å²) in [6.07, 6.45) is 3.04. The molecule has 0 saturated carbocycles. The largest absolute Gasteiger partial charge is 0.333 e. The third kappa shape index (κ3) is 5.31. The van der Waals surface area contributed by atoms with Gasteiger partial charge in [-0.15, -0.1) is 11.3 Å². The van der Waals surface area contributed by atoms with E-state index in [0.29, 0.717) is 26.8 Å². The van der Waals surface area contributed by atoms with Crippen molar-refractivity contribution < 1.29 is 18.0 Å². The molecule has 0 aliphatic carbocycles. The quantitative estimate of drug-likeness (QED) is 0.545. The van der Waals surface area contributed by atoms with Crippen LogP contribution in [-0.4, -0.2) is 25.3 Å². The number of nitrogens with zero attached hydrogens (tertiary/aromatic N) is 1. The first-order chi connectivity index (χ1) is 13.7. The van der Waals surface area contributed by atoms with Crippen molar-refractivity contribution in [3.8, 4) is 0 Å². The highest BCUT2D eigenvalue weighted by Crippen LogP contribution is 2.25. The Morgan fingerprint density at radius 1 is 1.03 bits per heavy atom. The van der Waals surface area contributed by atoms with E-state index < -0.39 is 16.1 Å². The highest BCUT2D eigenvalue weighted by Gasteiger charge is 2.20.